The molecule has 0 saturated heterocycles. The first-order valence-electron chi connectivity index (χ1n) is 7.28. The Morgan fingerprint density at radius 1 is 0.842 bits per heavy atom. The molecule has 0 aliphatic carbocycles. The Morgan fingerprint density at radius 3 is 1.68 bits per heavy atom. The third-order valence-electron chi connectivity index (χ3n) is 2.99. The molecule has 0 aliphatic rings. The van der Waals surface area contributed by atoms with Gasteiger partial charge in [-0.25, -0.2) is 9.90 Å². The molecule has 111 valence electrons. The predicted molar refractivity (Wildman–Crippen MR) is 77.7 cm³/mol. The summed E-state index contributed by atoms with van der Waals surface area (Å²) in [4.78, 5) is 11.0. The minimum absolute atomic E-state index is 0.0584. The Kier molecular flexibility index (Phi) is 13.5. The van der Waals surface area contributed by atoms with Gasteiger partial charge in [0.05, 0.1) is 13.2 Å². The molecule has 0 aromatic rings. The minimum Gasteiger partial charge on any atom is -0.461 e. The number of esters is 1. The van der Waals surface area contributed by atoms with Crippen molar-refractivity contribution in [3.63, 3.8) is 0 Å². The largest absolute Gasteiger partial charge is 0.461 e. The highest BCUT2D eigenvalue weighted by molar-refractivity contribution is 6.40. The van der Waals surface area contributed by atoms with Crippen molar-refractivity contribution in [3.05, 3.63) is 11.6 Å². The third kappa shape index (κ3) is 13.7. The quantitative estimate of drug-likeness (QED) is 0.282. The molecule has 0 heterocycles. The normalized spacial score (nSPS) is 10.4. The first kappa shape index (κ1) is 18.5. The van der Waals surface area contributed by atoms with Crippen LogP contribution in [0.25, 0.3) is 0 Å². The van der Waals surface area contributed by atoms with Crippen molar-refractivity contribution in [1.82, 2.24) is 0 Å². The third-order valence-corrected chi connectivity index (χ3v) is 3.15. The molecular weight excluding hydrogens is 264 g/mol. The van der Waals surface area contributed by atoms with E-state index in [1.165, 1.54) is 38.5 Å². The Balaban J connectivity index is 3.07. The highest BCUT2D eigenvalue weighted by Gasteiger charge is 2.03. The molecule has 0 amide bonds. The first-order valence-corrected chi connectivity index (χ1v) is 7.66. The van der Waals surface area contributed by atoms with Crippen molar-refractivity contribution in [3.8, 4) is 0 Å². The molecule has 0 N–H and O–H groups in total. The fraction of sp³-hybridized carbons (Fsp3) is 0.800. The molecule has 0 spiro atoms. The summed E-state index contributed by atoms with van der Waals surface area (Å²) in [5.74, 6) is -0.514. The zero-order valence-electron chi connectivity index (χ0n) is 11.8. The molecule has 0 bridgehead atoms. The molecule has 3 nitrogen and oxygen atoms in total. The van der Waals surface area contributed by atoms with E-state index in [0.29, 0.717) is 6.61 Å². The SMILES string of the molecule is C=C(Cl)C(=O)OCCCCCCCCCCCC[O]. The molecular formula is C15H26ClO3. The summed E-state index contributed by atoms with van der Waals surface area (Å²) in [5.41, 5.74) is 0. The van der Waals surface area contributed by atoms with Crippen LogP contribution in [0.3, 0.4) is 0 Å². The smallest absolute Gasteiger partial charge is 0.349 e. The van der Waals surface area contributed by atoms with Gasteiger partial charge >= 0.3 is 5.97 Å². The molecule has 0 rings (SSSR count). The van der Waals surface area contributed by atoms with E-state index in [9.17, 15) is 9.90 Å². The number of rotatable bonds is 13. The number of ether oxygens (including phenoxy) is 1. The van der Waals surface area contributed by atoms with E-state index < -0.39 is 5.97 Å². The van der Waals surface area contributed by atoms with Crippen LogP contribution in [0, 0.1) is 0 Å². The van der Waals surface area contributed by atoms with E-state index >= 15 is 0 Å². The number of unbranched alkanes of at least 4 members (excludes halogenated alkanes) is 9. The molecule has 19 heavy (non-hydrogen) atoms. The summed E-state index contributed by atoms with van der Waals surface area (Å²) in [6, 6.07) is 0. The lowest BCUT2D eigenvalue weighted by atomic mass is 10.1. The lowest BCUT2D eigenvalue weighted by Gasteiger charge is -2.04. The summed E-state index contributed by atoms with van der Waals surface area (Å²) < 4.78 is 4.89. The highest BCUT2D eigenvalue weighted by atomic mass is 35.5. The fourth-order valence-corrected chi connectivity index (χ4v) is 1.92. The van der Waals surface area contributed by atoms with Crippen LogP contribution < -0.4 is 0 Å². The zero-order valence-corrected chi connectivity index (χ0v) is 12.6. The van der Waals surface area contributed by atoms with E-state index in [-0.39, 0.29) is 11.6 Å². The maximum absolute atomic E-state index is 11.0. The van der Waals surface area contributed by atoms with Gasteiger partial charge in [-0.1, -0.05) is 69.5 Å². The zero-order chi connectivity index (χ0) is 14.3. The Labute approximate surface area is 122 Å². The second-order valence-electron chi connectivity index (χ2n) is 4.78. The fourth-order valence-electron chi connectivity index (χ4n) is 1.86. The monoisotopic (exact) mass is 289 g/mol. The average molecular weight is 290 g/mol. The van der Waals surface area contributed by atoms with Gasteiger partial charge in [-0.15, -0.1) is 0 Å². The van der Waals surface area contributed by atoms with Crippen LogP contribution in [0.4, 0.5) is 0 Å². The summed E-state index contributed by atoms with van der Waals surface area (Å²) in [6.07, 6.45) is 11.3. The van der Waals surface area contributed by atoms with E-state index in [1.54, 1.807) is 0 Å². The van der Waals surface area contributed by atoms with Gasteiger partial charge in [0.25, 0.3) is 0 Å². The van der Waals surface area contributed by atoms with Crippen LogP contribution in [0.5, 0.6) is 0 Å². The van der Waals surface area contributed by atoms with E-state index in [0.717, 1.165) is 25.7 Å². The average Bonchev–Trinajstić information content (AvgIpc) is 2.39. The molecule has 0 unspecified atom stereocenters. The van der Waals surface area contributed by atoms with Gasteiger partial charge in [0, 0.05) is 0 Å². The van der Waals surface area contributed by atoms with E-state index in [1.807, 2.05) is 0 Å². The molecule has 0 atom stereocenters. The summed E-state index contributed by atoms with van der Waals surface area (Å²) in [6.45, 7) is 3.81. The lowest BCUT2D eigenvalue weighted by molar-refractivity contribution is -0.138. The van der Waals surface area contributed by atoms with Crippen molar-refractivity contribution >= 4 is 17.6 Å². The minimum atomic E-state index is -0.514. The number of hydrogen-bond donors (Lipinski definition) is 0. The van der Waals surface area contributed by atoms with Gasteiger partial charge in [-0.05, 0) is 12.8 Å². The Bertz CT molecular complexity index is 242. The summed E-state index contributed by atoms with van der Waals surface area (Å²) in [5, 5.41) is 10.2. The molecule has 0 aromatic heterocycles. The van der Waals surface area contributed by atoms with Gasteiger partial charge in [0.2, 0.25) is 0 Å². The van der Waals surface area contributed by atoms with Gasteiger partial charge in [0.1, 0.15) is 5.03 Å². The van der Waals surface area contributed by atoms with Crippen LogP contribution in [-0.4, -0.2) is 19.2 Å². The van der Waals surface area contributed by atoms with Crippen LogP contribution >= 0.6 is 11.6 Å². The molecule has 0 saturated carbocycles. The first-order chi connectivity index (χ1) is 9.18. The number of carbonyl (C=O) groups is 1. The lowest BCUT2D eigenvalue weighted by Crippen LogP contribution is -2.04. The van der Waals surface area contributed by atoms with Gasteiger partial charge in [0.15, 0.2) is 0 Å². The Hall–Kier alpha value is -0.540. The molecule has 0 aliphatic heterocycles. The van der Waals surface area contributed by atoms with Crippen molar-refractivity contribution in [2.75, 3.05) is 13.2 Å². The van der Waals surface area contributed by atoms with Gasteiger partial charge < -0.3 is 4.74 Å². The van der Waals surface area contributed by atoms with Crippen LogP contribution in [-0.2, 0) is 14.6 Å². The molecule has 4 heteroatoms. The summed E-state index contributed by atoms with van der Waals surface area (Å²) in [7, 11) is 0. The van der Waals surface area contributed by atoms with Crippen LogP contribution in [0.1, 0.15) is 64.2 Å². The number of hydrogen-bond acceptors (Lipinski definition) is 2. The van der Waals surface area contributed by atoms with Crippen molar-refractivity contribution in [1.29, 1.82) is 0 Å². The second-order valence-corrected chi connectivity index (χ2v) is 5.24. The standard InChI is InChI=1S/C15H26ClO3/c1-14(16)15(18)19-13-11-9-7-5-3-2-4-6-8-10-12-17/h1-13H2. The molecule has 0 aromatic carbocycles. The van der Waals surface area contributed by atoms with Crippen molar-refractivity contribution in [2.24, 2.45) is 0 Å². The number of halogens is 1. The predicted octanol–water partition coefficient (Wildman–Crippen LogP) is 4.61. The van der Waals surface area contributed by atoms with Gasteiger partial charge in [-0.2, -0.15) is 0 Å². The van der Waals surface area contributed by atoms with Crippen LogP contribution in [0.15, 0.2) is 11.6 Å². The maximum atomic E-state index is 11.0. The Morgan fingerprint density at radius 2 is 1.26 bits per heavy atom. The highest BCUT2D eigenvalue weighted by Crippen LogP contribution is 2.10. The molecule has 1 radical (unpaired) electrons. The van der Waals surface area contributed by atoms with E-state index in [2.05, 4.69) is 6.58 Å². The van der Waals surface area contributed by atoms with Gasteiger partial charge in [-0.3, -0.25) is 0 Å². The van der Waals surface area contributed by atoms with Crippen LogP contribution in [0.2, 0.25) is 0 Å². The number of carbonyl (C=O) groups excluding carboxylic acids is 1. The topological polar surface area (TPSA) is 46.2 Å². The maximum Gasteiger partial charge on any atom is 0.349 e. The molecule has 0 fully saturated rings. The summed E-state index contributed by atoms with van der Waals surface area (Å²) >= 11 is 5.38. The van der Waals surface area contributed by atoms with Crippen molar-refractivity contribution < 1.29 is 14.6 Å². The van der Waals surface area contributed by atoms with Crippen molar-refractivity contribution in [2.45, 2.75) is 64.2 Å². The van der Waals surface area contributed by atoms with E-state index in [4.69, 9.17) is 16.3 Å². The second kappa shape index (κ2) is 13.9.